The van der Waals surface area contributed by atoms with Crippen molar-refractivity contribution in [1.82, 2.24) is 25.7 Å². The van der Waals surface area contributed by atoms with Gasteiger partial charge in [-0.05, 0) is 44.5 Å². The molecule has 0 saturated heterocycles. The summed E-state index contributed by atoms with van der Waals surface area (Å²) < 4.78 is 1.81. The van der Waals surface area contributed by atoms with E-state index in [9.17, 15) is 4.79 Å². The molecule has 134 valence electrons. The molecule has 0 saturated carbocycles. The zero-order valence-electron chi connectivity index (χ0n) is 15.2. The standard InChI is InChI=1S/C18H26N6O/c1-18(2,3)23-16(25)13-21-17(19-4)20-12-14-6-8-15(9-7-14)24-11-5-10-22-24/h5-11H,12-13H2,1-4H3,(H,23,25)(H2,19,20,21). The third-order valence-electron chi connectivity index (χ3n) is 3.32. The Kier molecular flexibility index (Phi) is 6.16. The summed E-state index contributed by atoms with van der Waals surface area (Å²) >= 11 is 0. The first-order valence-electron chi connectivity index (χ1n) is 8.22. The molecular weight excluding hydrogens is 316 g/mol. The highest BCUT2D eigenvalue weighted by Crippen LogP contribution is 2.08. The lowest BCUT2D eigenvalue weighted by atomic mass is 10.1. The third kappa shape index (κ3) is 6.29. The summed E-state index contributed by atoms with van der Waals surface area (Å²) in [7, 11) is 1.68. The molecule has 2 rings (SSSR count). The summed E-state index contributed by atoms with van der Waals surface area (Å²) in [6.45, 7) is 6.63. The molecular formula is C18H26N6O. The number of amides is 1. The Hall–Kier alpha value is -2.83. The molecule has 25 heavy (non-hydrogen) atoms. The van der Waals surface area contributed by atoms with Crippen LogP contribution >= 0.6 is 0 Å². The normalized spacial score (nSPS) is 11.9. The summed E-state index contributed by atoms with van der Waals surface area (Å²) in [5, 5.41) is 13.3. The van der Waals surface area contributed by atoms with E-state index in [4.69, 9.17) is 0 Å². The van der Waals surface area contributed by atoms with Crippen LogP contribution in [0.3, 0.4) is 0 Å². The number of aliphatic imine (C=N–C) groups is 1. The van der Waals surface area contributed by atoms with Gasteiger partial charge in [-0.15, -0.1) is 0 Å². The summed E-state index contributed by atoms with van der Waals surface area (Å²) in [5.41, 5.74) is 1.87. The van der Waals surface area contributed by atoms with Gasteiger partial charge in [-0.1, -0.05) is 12.1 Å². The Morgan fingerprint density at radius 3 is 2.48 bits per heavy atom. The van der Waals surface area contributed by atoms with Crippen LogP contribution in [-0.4, -0.2) is 40.8 Å². The quantitative estimate of drug-likeness (QED) is 0.567. The lowest BCUT2D eigenvalue weighted by Gasteiger charge is -2.21. The van der Waals surface area contributed by atoms with Gasteiger partial charge in [0, 0.05) is 31.5 Å². The summed E-state index contributed by atoms with van der Waals surface area (Å²) in [6.07, 6.45) is 3.66. The minimum absolute atomic E-state index is 0.0703. The Morgan fingerprint density at radius 1 is 1.20 bits per heavy atom. The lowest BCUT2D eigenvalue weighted by Crippen LogP contribution is -2.48. The monoisotopic (exact) mass is 342 g/mol. The Bertz CT molecular complexity index is 698. The van der Waals surface area contributed by atoms with Crippen LogP contribution in [0.25, 0.3) is 5.69 Å². The third-order valence-corrected chi connectivity index (χ3v) is 3.32. The molecule has 1 amide bonds. The number of hydrogen-bond donors (Lipinski definition) is 3. The van der Waals surface area contributed by atoms with Gasteiger partial charge < -0.3 is 16.0 Å². The van der Waals surface area contributed by atoms with Crippen LogP contribution in [0.4, 0.5) is 0 Å². The molecule has 0 radical (unpaired) electrons. The fourth-order valence-electron chi connectivity index (χ4n) is 2.22. The van der Waals surface area contributed by atoms with E-state index in [0.29, 0.717) is 12.5 Å². The molecule has 0 aliphatic rings. The van der Waals surface area contributed by atoms with Crippen LogP contribution < -0.4 is 16.0 Å². The van der Waals surface area contributed by atoms with E-state index in [1.807, 2.05) is 62.0 Å². The second-order valence-corrected chi connectivity index (χ2v) is 6.69. The van der Waals surface area contributed by atoms with E-state index in [0.717, 1.165) is 11.3 Å². The zero-order chi connectivity index (χ0) is 18.3. The van der Waals surface area contributed by atoms with Crippen LogP contribution in [0.15, 0.2) is 47.7 Å². The number of guanidine groups is 1. The number of aromatic nitrogens is 2. The SMILES string of the molecule is CN=C(NCC(=O)NC(C)(C)C)NCc1ccc(-n2cccn2)cc1. The molecule has 1 heterocycles. The van der Waals surface area contributed by atoms with Gasteiger partial charge in [0.05, 0.1) is 12.2 Å². The number of hydrogen-bond acceptors (Lipinski definition) is 3. The smallest absolute Gasteiger partial charge is 0.239 e. The van der Waals surface area contributed by atoms with Crippen molar-refractivity contribution in [2.24, 2.45) is 4.99 Å². The molecule has 0 bridgehead atoms. The fraction of sp³-hybridized carbons (Fsp3) is 0.389. The van der Waals surface area contributed by atoms with E-state index in [1.54, 1.807) is 13.2 Å². The van der Waals surface area contributed by atoms with Gasteiger partial charge in [0.15, 0.2) is 5.96 Å². The number of rotatable bonds is 5. The van der Waals surface area contributed by atoms with E-state index in [-0.39, 0.29) is 18.0 Å². The van der Waals surface area contributed by atoms with E-state index < -0.39 is 0 Å². The van der Waals surface area contributed by atoms with Crippen molar-refractivity contribution < 1.29 is 4.79 Å². The van der Waals surface area contributed by atoms with Crippen molar-refractivity contribution in [2.45, 2.75) is 32.9 Å². The topological polar surface area (TPSA) is 83.3 Å². The molecule has 0 unspecified atom stereocenters. The Balaban J connectivity index is 1.81. The predicted octanol–water partition coefficient (Wildman–Crippen LogP) is 1.45. The number of carbonyl (C=O) groups is 1. The van der Waals surface area contributed by atoms with Crippen LogP contribution in [0, 0.1) is 0 Å². The summed E-state index contributed by atoms with van der Waals surface area (Å²) in [6, 6.07) is 9.97. The zero-order valence-corrected chi connectivity index (χ0v) is 15.2. The molecule has 0 aliphatic heterocycles. The fourth-order valence-corrected chi connectivity index (χ4v) is 2.22. The first-order valence-corrected chi connectivity index (χ1v) is 8.22. The molecule has 1 aromatic carbocycles. The van der Waals surface area contributed by atoms with Crippen molar-refractivity contribution in [3.05, 3.63) is 48.3 Å². The summed E-state index contributed by atoms with van der Waals surface area (Å²) in [4.78, 5) is 16.0. The van der Waals surface area contributed by atoms with Gasteiger partial charge in [-0.25, -0.2) is 4.68 Å². The average molecular weight is 342 g/mol. The van der Waals surface area contributed by atoms with E-state index >= 15 is 0 Å². The largest absolute Gasteiger partial charge is 0.352 e. The maximum Gasteiger partial charge on any atom is 0.239 e. The lowest BCUT2D eigenvalue weighted by molar-refractivity contribution is -0.121. The maximum atomic E-state index is 11.8. The van der Waals surface area contributed by atoms with Crippen molar-refractivity contribution in [2.75, 3.05) is 13.6 Å². The van der Waals surface area contributed by atoms with Gasteiger partial charge in [-0.2, -0.15) is 5.10 Å². The van der Waals surface area contributed by atoms with Crippen molar-refractivity contribution in [1.29, 1.82) is 0 Å². The van der Waals surface area contributed by atoms with Crippen molar-refractivity contribution in [3.8, 4) is 5.69 Å². The van der Waals surface area contributed by atoms with Crippen LogP contribution in [-0.2, 0) is 11.3 Å². The molecule has 0 fully saturated rings. The number of benzene rings is 1. The predicted molar refractivity (Wildman–Crippen MR) is 99.7 cm³/mol. The first-order chi connectivity index (χ1) is 11.9. The molecule has 1 aromatic heterocycles. The molecule has 7 nitrogen and oxygen atoms in total. The van der Waals surface area contributed by atoms with Crippen LogP contribution in [0.5, 0.6) is 0 Å². The van der Waals surface area contributed by atoms with Crippen molar-refractivity contribution >= 4 is 11.9 Å². The number of nitrogens with one attached hydrogen (secondary N) is 3. The first kappa shape index (κ1) is 18.5. The van der Waals surface area contributed by atoms with E-state index in [1.165, 1.54) is 0 Å². The Morgan fingerprint density at radius 2 is 1.92 bits per heavy atom. The minimum Gasteiger partial charge on any atom is -0.352 e. The van der Waals surface area contributed by atoms with Gasteiger partial charge in [0.25, 0.3) is 0 Å². The van der Waals surface area contributed by atoms with Gasteiger partial charge in [-0.3, -0.25) is 9.79 Å². The van der Waals surface area contributed by atoms with E-state index in [2.05, 4.69) is 26.0 Å². The second kappa shape index (κ2) is 8.32. The molecule has 0 aliphatic carbocycles. The molecule has 0 spiro atoms. The highest BCUT2D eigenvalue weighted by molar-refractivity contribution is 5.86. The Labute approximate surface area is 148 Å². The van der Waals surface area contributed by atoms with Crippen LogP contribution in [0.2, 0.25) is 0 Å². The number of carbonyl (C=O) groups excluding carboxylic acids is 1. The average Bonchev–Trinajstić information content (AvgIpc) is 3.08. The molecule has 0 atom stereocenters. The number of nitrogens with zero attached hydrogens (tertiary/aromatic N) is 3. The van der Waals surface area contributed by atoms with Gasteiger partial charge in [0.2, 0.25) is 5.91 Å². The molecule has 2 aromatic rings. The summed E-state index contributed by atoms with van der Waals surface area (Å²) in [5.74, 6) is 0.513. The van der Waals surface area contributed by atoms with Crippen molar-refractivity contribution in [3.63, 3.8) is 0 Å². The van der Waals surface area contributed by atoms with Gasteiger partial charge in [0.1, 0.15) is 0 Å². The molecule has 3 N–H and O–H groups in total. The maximum absolute atomic E-state index is 11.8. The highest BCUT2D eigenvalue weighted by Gasteiger charge is 2.13. The van der Waals surface area contributed by atoms with Crippen LogP contribution in [0.1, 0.15) is 26.3 Å². The minimum atomic E-state index is -0.244. The second-order valence-electron chi connectivity index (χ2n) is 6.69. The van der Waals surface area contributed by atoms with Gasteiger partial charge >= 0.3 is 0 Å². The highest BCUT2D eigenvalue weighted by atomic mass is 16.2. The molecule has 7 heteroatoms.